The summed E-state index contributed by atoms with van der Waals surface area (Å²) in [7, 11) is 0. The van der Waals surface area contributed by atoms with Gasteiger partial charge in [0, 0.05) is 18.5 Å². The molecule has 0 radical (unpaired) electrons. The Labute approximate surface area is 159 Å². The van der Waals surface area contributed by atoms with Crippen molar-refractivity contribution >= 4 is 28.5 Å². The number of nitrogens with two attached hydrogens (primary N) is 1. The van der Waals surface area contributed by atoms with E-state index in [1.165, 1.54) is 37.3 Å². The highest BCUT2D eigenvalue weighted by molar-refractivity contribution is 7.14. The number of rotatable bonds is 8. The van der Waals surface area contributed by atoms with Gasteiger partial charge in [-0.3, -0.25) is 5.43 Å². The average molecular weight is 374 g/mol. The summed E-state index contributed by atoms with van der Waals surface area (Å²) in [4.78, 5) is 6.65. The monoisotopic (exact) mass is 373 g/mol. The summed E-state index contributed by atoms with van der Waals surface area (Å²) in [5, 5.41) is 6.64. The van der Waals surface area contributed by atoms with Crippen LogP contribution in [0, 0.1) is 5.92 Å². The Hall–Kier alpha value is -2.12. The van der Waals surface area contributed by atoms with Crippen molar-refractivity contribution in [2.75, 3.05) is 37.4 Å². The van der Waals surface area contributed by atoms with Gasteiger partial charge in [0.2, 0.25) is 5.13 Å². The third kappa shape index (κ3) is 6.00. The second kappa shape index (κ2) is 9.54. The number of anilines is 2. The zero-order chi connectivity index (χ0) is 18.2. The van der Waals surface area contributed by atoms with Crippen LogP contribution in [-0.4, -0.2) is 42.3 Å². The molecule has 140 valence electrons. The number of likely N-dealkylation sites (tertiary alicyclic amines) is 1. The molecule has 7 heteroatoms. The molecular weight excluding hydrogens is 346 g/mol. The van der Waals surface area contributed by atoms with Crippen LogP contribution < -0.4 is 15.9 Å². The summed E-state index contributed by atoms with van der Waals surface area (Å²) in [6.07, 6.45) is 5.49. The quantitative estimate of drug-likeness (QED) is 0.419. The van der Waals surface area contributed by atoms with Crippen molar-refractivity contribution in [2.24, 2.45) is 11.0 Å². The van der Waals surface area contributed by atoms with E-state index in [1.54, 1.807) is 11.6 Å². The molecule has 2 heterocycles. The van der Waals surface area contributed by atoms with Gasteiger partial charge in [0.15, 0.2) is 0 Å². The van der Waals surface area contributed by atoms with Crippen LogP contribution in [0.4, 0.5) is 10.9 Å². The van der Waals surface area contributed by atoms with E-state index in [1.807, 2.05) is 24.3 Å². The third-order valence-corrected chi connectivity index (χ3v) is 5.15. The largest absolute Gasteiger partial charge is 0.494 e. The van der Waals surface area contributed by atoms with Crippen molar-refractivity contribution in [2.45, 2.75) is 26.2 Å². The number of nitrogen functional groups attached to an aromatic ring is 1. The second-order valence-corrected chi connectivity index (χ2v) is 7.63. The maximum Gasteiger partial charge on any atom is 0.205 e. The lowest BCUT2D eigenvalue weighted by molar-refractivity contribution is 0.170. The maximum absolute atomic E-state index is 5.90. The van der Waals surface area contributed by atoms with Gasteiger partial charge >= 0.3 is 0 Å². The Morgan fingerprint density at radius 2 is 2.42 bits per heavy atom. The van der Waals surface area contributed by atoms with Crippen LogP contribution in [-0.2, 0) is 0 Å². The lowest BCUT2D eigenvalue weighted by Crippen LogP contribution is -2.35. The first-order valence-corrected chi connectivity index (χ1v) is 10.0. The SMILES string of the molecule is CC1CCCN(CCCOc2cccc(C=NNc3nc(N)cs3)c2)C1. The van der Waals surface area contributed by atoms with Gasteiger partial charge in [-0.25, -0.2) is 4.98 Å². The smallest absolute Gasteiger partial charge is 0.205 e. The van der Waals surface area contributed by atoms with E-state index >= 15 is 0 Å². The highest BCUT2D eigenvalue weighted by Crippen LogP contribution is 2.17. The van der Waals surface area contributed by atoms with Gasteiger partial charge in [0.1, 0.15) is 11.6 Å². The van der Waals surface area contributed by atoms with Gasteiger partial charge in [-0.15, -0.1) is 11.3 Å². The zero-order valence-corrected chi connectivity index (χ0v) is 16.0. The van der Waals surface area contributed by atoms with E-state index in [4.69, 9.17) is 10.5 Å². The van der Waals surface area contributed by atoms with Crippen LogP contribution in [0.5, 0.6) is 5.75 Å². The highest BCUT2D eigenvalue weighted by atomic mass is 32.1. The number of ether oxygens (including phenoxy) is 1. The van der Waals surface area contributed by atoms with E-state index in [0.29, 0.717) is 10.9 Å². The Kier molecular flexibility index (Phi) is 6.85. The van der Waals surface area contributed by atoms with E-state index in [0.717, 1.165) is 36.8 Å². The molecule has 1 aromatic carbocycles. The molecule has 1 aromatic heterocycles. The number of hydrogen-bond acceptors (Lipinski definition) is 7. The number of piperidine rings is 1. The van der Waals surface area contributed by atoms with Crippen LogP contribution in [0.15, 0.2) is 34.7 Å². The lowest BCUT2D eigenvalue weighted by atomic mass is 10.0. The number of benzene rings is 1. The summed E-state index contributed by atoms with van der Waals surface area (Å²) in [6, 6.07) is 7.94. The standard InChI is InChI=1S/C19H27N5OS/c1-15-5-3-8-24(13-15)9-4-10-25-17-7-2-6-16(11-17)12-21-23-19-22-18(20)14-26-19/h2,6-7,11-12,14-15H,3-5,8-10,13,20H2,1H3,(H,22,23). The maximum atomic E-state index is 5.90. The van der Waals surface area contributed by atoms with Crippen LogP contribution in [0.2, 0.25) is 0 Å². The van der Waals surface area contributed by atoms with Crippen molar-refractivity contribution in [3.8, 4) is 5.75 Å². The molecule has 2 aromatic rings. The van der Waals surface area contributed by atoms with Crippen LogP contribution >= 0.6 is 11.3 Å². The van der Waals surface area contributed by atoms with Gasteiger partial charge in [0.25, 0.3) is 0 Å². The number of thiazole rings is 1. The molecule has 1 aliphatic heterocycles. The van der Waals surface area contributed by atoms with Crippen molar-refractivity contribution < 1.29 is 4.74 Å². The van der Waals surface area contributed by atoms with Gasteiger partial charge < -0.3 is 15.4 Å². The van der Waals surface area contributed by atoms with Gasteiger partial charge in [-0.2, -0.15) is 5.10 Å². The van der Waals surface area contributed by atoms with Gasteiger partial charge in [-0.1, -0.05) is 19.1 Å². The van der Waals surface area contributed by atoms with E-state index in [9.17, 15) is 0 Å². The van der Waals surface area contributed by atoms with Crippen LogP contribution in [0.1, 0.15) is 31.7 Å². The molecule has 0 aliphatic carbocycles. The summed E-state index contributed by atoms with van der Waals surface area (Å²) in [5.41, 5.74) is 9.43. The van der Waals surface area contributed by atoms with Crippen molar-refractivity contribution in [3.05, 3.63) is 35.2 Å². The van der Waals surface area contributed by atoms with Crippen molar-refractivity contribution in [3.63, 3.8) is 0 Å². The van der Waals surface area contributed by atoms with Crippen molar-refractivity contribution in [1.82, 2.24) is 9.88 Å². The van der Waals surface area contributed by atoms with E-state index in [2.05, 4.69) is 27.3 Å². The number of aromatic nitrogens is 1. The highest BCUT2D eigenvalue weighted by Gasteiger charge is 2.15. The normalized spacial score (nSPS) is 18.3. The average Bonchev–Trinajstić information content (AvgIpc) is 3.04. The molecule has 0 bridgehead atoms. The van der Waals surface area contributed by atoms with Gasteiger partial charge in [-0.05, 0) is 49.4 Å². The zero-order valence-electron chi connectivity index (χ0n) is 15.2. The first kappa shape index (κ1) is 18.7. The minimum absolute atomic E-state index is 0.502. The fraction of sp³-hybridized carbons (Fsp3) is 0.474. The first-order chi connectivity index (χ1) is 12.7. The summed E-state index contributed by atoms with van der Waals surface area (Å²) >= 11 is 1.42. The Morgan fingerprint density at radius 1 is 1.50 bits per heavy atom. The Bertz CT molecular complexity index is 717. The predicted molar refractivity (Wildman–Crippen MR) is 109 cm³/mol. The molecule has 26 heavy (non-hydrogen) atoms. The number of hydrazone groups is 1. The van der Waals surface area contributed by atoms with E-state index in [-0.39, 0.29) is 0 Å². The molecule has 1 unspecified atom stereocenters. The summed E-state index contributed by atoms with van der Waals surface area (Å²) in [6.45, 7) is 6.65. The fourth-order valence-corrected chi connectivity index (χ4v) is 3.70. The minimum Gasteiger partial charge on any atom is -0.494 e. The topological polar surface area (TPSA) is 75.8 Å². The number of hydrogen-bond donors (Lipinski definition) is 2. The molecule has 6 nitrogen and oxygen atoms in total. The predicted octanol–water partition coefficient (Wildman–Crippen LogP) is 3.67. The lowest BCUT2D eigenvalue weighted by Gasteiger charge is -2.30. The number of nitrogens with one attached hydrogen (secondary N) is 1. The second-order valence-electron chi connectivity index (χ2n) is 6.77. The molecular formula is C19H27N5OS. The van der Waals surface area contributed by atoms with Crippen LogP contribution in [0.3, 0.4) is 0 Å². The molecule has 3 N–H and O–H groups in total. The van der Waals surface area contributed by atoms with Crippen molar-refractivity contribution in [1.29, 1.82) is 0 Å². The van der Waals surface area contributed by atoms with Gasteiger partial charge in [0.05, 0.1) is 12.8 Å². The minimum atomic E-state index is 0.502. The molecule has 0 amide bonds. The number of nitrogens with zero attached hydrogens (tertiary/aromatic N) is 3. The molecule has 1 fully saturated rings. The third-order valence-electron chi connectivity index (χ3n) is 4.38. The Balaban J connectivity index is 1.40. The molecule has 3 rings (SSSR count). The first-order valence-electron chi connectivity index (χ1n) is 9.14. The van der Waals surface area contributed by atoms with Crippen LogP contribution in [0.25, 0.3) is 0 Å². The molecule has 0 saturated carbocycles. The van der Waals surface area contributed by atoms with E-state index < -0.39 is 0 Å². The molecule has 1 atom stereocenters. The summed E-state index contributed by atoms with van der Waals surface area (Å²) < 4.78 is 5.90. The Morgan fingerprint density at radius 3 is 3.23 bits per heavy atom. The summed E-state index contributed by atoms with van der Waals surface area (Å²) in [5.74, 6) is 2.21. The molecule has 1 saturated heterocycles. The molecule has 0 spiro atoms. The fourth-order valence-electron chi connectivity index (χ4n) is 3.15. The molecule has 1 aliphatic rings.